The maximum atomic E-state index is 3.43. The highest BCUT2D eigenvalue weighted by Gasteiger charge is 2.39. The van der Waals surface area contributed by atoms with E-state index in [2.05, 4.69) is 24.1 Å². The fourth-order valence-electron chi connectivity index (χ4n) is 3.72. The number of nitrogens with one attached hydrogen (secondary N) is 1. The largest absolute Gasteiger partial charge is 0.316 e. The monoisotopic (exact) mass is 224 g/mol. The van der Waals surface area contributed by atoms with Crippen LogP contribution in [-0.4, -0.2) is 37.6 Å². The van der Waals surface area contributed by atoms with Gasteiger partial charge in [0, 0.05) is 19.6 Å². The van der Waals surface area contributed by atoms with Gasteiger partial charge in [0.05, 0.1) is 0 Å². The van der Waals surface area contributed by atoms with Crippen molar-refractivity contribution in [1.29, 1.82) is 0 Å². The quantitative estimate of drug-likeness (QED) is 0.668. The van der Waals surface area contributed by atoms with Crippen LogP contribution in [0.4, 0.5) is 0 Å². The Hall–Kier alpha value is -0.0800. The smallest absolute Gasteiger partial charge is 0.0107 e. The second-order valence-corrected chi connectivity index (χ2v) is 5.68. The molecule has 16 heavy (non-hydrogen) atoms. The van der Waals surface area contributed by atoms with Gasteiger partial charge in [-0.05, 0) is 50.1 Å². The SMILES string of the molecule is CCNCCN(CC)CC1CC2CCC1C2. The van der Waals surface area contributed by atoms with E-state index in [1.165, 1.54) is 38.9 Å². The molecule has 1 N–H and O–H groups in total. The number of fused-ring (bicyclic) bond motifs is 2. The molecule has 3 atom stereocenters. The number of rotatable bonds is 7. The first-order valence-corrected chi connectivity index (χ1v) is 7.26. The maximum absolute atomic E-state index is 3.43. The van der Waals surface area contributed by atoms with Crippen molar-refractivity contribution in [2.24, 2.45) is 17.8 Å². The normalized spacial score (nSPS) is 32.8. The fraction of sp³-hybridized carbons (Fsp3) is 1.00. The molecular weight excluding hydrogens is 196 g/mol. The van der Waals surface area contributed by atoms with Crippen molar-refractivity contribution in [2.75, 3.05) is 32.7 Å². The molecular formula is C14H28N2. The molecule has 2 bridgehead atoms. The van der Waals surface area contributed by atoms with Gasteiger partial charge >= 0.3 is 0 Å². The number of hydrogen-bond donors (Lipinski definition) is 1. The zero-order valence-corrected chi connectivity index (χ0v) is 11.0. The second-order valence-electron chi connectivity index (χ2n) is 5.68. The molecule has 0 saturated heterocycles. The van der Waals surface area contributed by atoms with Gasteiger partial charge in [0.2, 0.25) is 0 Å². The third-order valence-electron chi connectivity index (χ3n) is 4.68. The minimum atomic E-state index is 1.03. The van der Waals surface area contributed by atoms with E-state index in [1.54, 1.807) is 6.42 Å². The van der Waals surface area contributed by atoms with Crippen LogP contribution in [0.15, 0.2) is 0 Å². The third-order valence-corrected chi connectivity index (χ3v) is 4.68. The van der Waals surface area contributed by atoms with Crippen molar-refractivity contribution in [3.63, 3.8) is 0 Å². The topological polar surface area (TPSA) is 15.3 Å². The summed E-state index contributed by atoms with van der Waals surface area (Å²) in [6, 6.07) is 0. The van der Waals surface area contributed by atoms with Gasteiger partial charge in [-0.25, -0.2) is 0 Å². The number of nitrogens with zero attached hydrogens (tertiary/aromatic N) is 1. The molecule has 0 heterocycles. The van der Waals surface area contributed by atoms with Crippen LogP contribution in [0.25, 0.3) is 0 Å². The van der Waals surface area contributed by atoms with Gasteiger partial charge in [0.1, 0.15) is 0 Å². The Morgan fingerprint density at radius 3 is 2.62 bits per heavy atom. The lowest BCUT2D eigenvalue weighted by Gasteiger charge is -2.29. The Labute approximate surface area is 101 Å². The van der Waals surface area contributed by atoms with Gasteiger partial charge in [-0.2, -0.15) is 0 Å². The summed E-state index contributed by atoms with van der Waals surface area (Å²) in [4.78, 5) is 2.65. The molecule has 2 saturated carbocycles. The maximum Gasteiger partial charge on any atom is 0.0107 e. The van der Waals surface area contributed by atoms with Crippen LogP contribution < -0.4 is 5.32 Å². The summed E-state index contributed by atoms with van der Waals surface area (Å²) in [5.74, 6) is 3.21. The molecule has 0 aliphatic heterocycles. The molecule has 2 fully saturated rings. The van der Waals surface area contributed by atoms with Crippen LogP contribution in [0, 0.1) is 17.8 Å². The fourth-order valence-corrected chi connectivity index (χ4v) is 3.72. The van der Waals surface area contributed by atoms with Gasteiger partial charge in [-0.3, -0.25) is 0 Å². The Morgan fingerprint density at radius 1 is 1.19 bits per heavy atom. The lowest BCUT2D eigenvalue weighted by Crippen LogP contribution is -2.36. The average molecular weight is 224 g/mol. The molecule has 2 heteroatoms. The van der Waals surface area contributed by atoms with Gasteiger partial charge < -0.3 is 10.2 Å². The zero-order valence-electron chi connectivity index (χ0n) is 11.0. The van der Waals surface area contributed by atoms with Crippen molar-refractivity contribution in [1.82, 2.24) is 10.2 Å². The van der Waals surface area contributed by atoms with E-state index in [0.717, 1.165) is 30.8 Å². The summed E-state index contributed by atoms with van der Waals surface area (Å²) in [5, 5.41) is 3.43. The van der Waals surface area contributed by atoms with Crippen LogP contribution in [0.2, 0.25) is 0 Å². The molecule has 0 radical (unpaired) electrons. The Kier molecular flexibility index (Phi) is 4.66. The molecule has 2 nitrogen and oxygen atoms in total. The highest BCUT2D eigenvalue weighted by molar-refractivity contribution is 4.91. The van der Waals surface area contributed by atoms with Crippen LogP contribution in [0.1, 0.15) is 39.5 Å². The predicted octanol–water partition coefficient (Wildman–Crippen LogP) is 2.35. The van der Waals surface area contributed by atoms with Crippen LogP contribution in [-0.2, 0) is 0 Å². The molecule has 0 aromatic rings. The molecule has 94 valence electrons. The number of hydrogen-bond acceptors (Lipinski definition) is 2. The zero-order chi connectivity index (χ0) is 11.4. The lowest BCUT2D eigenvalue weighted by molar-refractivity contribution is 0.197. The first-order chi connectivity index (χ1) is 7.83. The molecule has 2 aliphatic rings. The van der Waals surface area contributed by atoms with Crippen molar-refractivity contribution >= 4 is 0 Å². The van der Waals surface area contributed by atoms with E-state index in [-0.39, 0.29) is 0 Å². The van der Waals surface area contributed by atoms with E-state index < -0.39 is 0 Å². The van der Waals surface area contributed by atoms with Crippen molar-refractivity contribution < 1.29 is 0 Å². The van der Waals surface area contributed by atoms with Gasteiger partial charge in [-0.15, -0.1) is 0 Å². The molecule has 0 aromatic heterocycles. The summed E-state index contributed by atoms with van der Waals surface area (Å²) in [6.45, 7) is 10.6. The van der Waals surface area contributed by atoms with E-state index in [4.69, 9.17) is 0 Å². The summed E-state index contributed by atoms with van der Waals surface area (Å²) < 4.78 is 0. The van der Waals surface area contributed by atoms with Gasteiger partial charge in [0.25, 0.3) is 0 Å². The van der Waals surface area contributed by atoms with E-state index in [1.807, 2.05) is 0 Å². The van der Waals surface area contributed by atoms with Gasteiger partial charge in [0.15, 0.2) is 0 Å². The van der Waals surface area contributed by atoms with Crippen LogP contribution in [0.3, 0.4) is 0 Å². The first kappa shape index (κ1) is 12.4. The minimum absolute atomic E-state index is 1.03. The molecule has 0 aromatic carbocycles. The number of likely N-dealkylation sites (N-methyl/N-ethyl adjacent to an activating group) is 2. The first-order valence-electron chi connectivity index (χ1n) is 7.26. The Bertz CT molecular complexity index is 205. The second kappa shape index (κ2) is 6.02. The van der Waals surface area contributed by atoms with Crippen LogP contribution in [0.5, 0.6) is 0 Å². The third kappa shape index (κ3) is 2.98. The molecule has 0 spiro atoms. The van der Waals surface area contributed by atoms with E-state index >= 15 is 0 Å². The summed E-state index contributed by atoms with van der Waals surface area (Å²) in [5.41, 5.74) is 0. The molecule has 0 amide bonds. The lowest BCUT2D eigenvalue weighted by atomic mass is 9.88. The molecule has 2 aliphatic carbocycles. The van der Waals surface area contributed by atoms with E-state index in [0.29, 0.717) is 0 Å². The molecule has 2 rings (SSSR count). The Balaban J connectivity index is 1.70. The predicted molar refractivity (Wildman–Crippen MR) is 69.6 cm³/mol. The minimum Gasteiger partial charge on any atom is -0.316 e. The highest BCUT2D eigenvalue weighted by atomic mass is 15.1. The summed E-state index contributed by atoms with van der Waals surface area (Å²) >= 11 is 0. The van der Waals surface area contributed by atoms with E-state index in [9.17, 15) is 0 Å². The van der Waals surface area contributed by atoms with Crippen LogP contribution >= 0.6 is 0 Å². The summed E-state index contributed by atoms with van der Waals surface area (Å²) in [7, 11) is 0. The molecule has 3 unspecified atom stereocenters. The standard InChI is InChI=1S/C14H28N2/c1-3-15-7-8-16(4-2)11-14-10-12-5-6-13(14)9-12/h12-15H,3-11H2,1-2H3. The van der Waals surface area contributed by atoms with Crippen molar-refractivity contribution in [2.45, 2.75) is 39.5 Å². The Morgan fingerprint density at radius 2 is 2.06 bits per heavy atom. The van der Waals surface area contributed by atoms with Crippen molar-refractivity contribution in [3.05, 3.63) is 0 Å². The van der Waals surface area contributed by atoms with Gasteiger partial charge in [-0.1, -0.05) is 20.3 Å². The average Bonchev–Trinajstić information content (AvgIpc) is 2.89. The van der Waals surface area contributed by atoms with Crippen molar-refractivity contribution in [3.8, 4) is 0 Å². The summed E-state index contributed by atoms with van der Waals surface area (Å²) in [6.07, 6.45) is 6.14. The highest BCUT2D eigenvalue weighted by Crippen LogP contribution is 2.48.